The number of para-hydroxylation sites is 1. The van der Waals surface area contributed by atoms with Crippen LogP contribution < -0.4 is 0 Å². The number of hydrogen-bond acceptors (Lipinski definition) is 4. The maximum atomic E-state index is 11.1. The maximum Gasteiger partial charge on any atom is 0.294 e. The molecule has 22 heavy (non-hydrogen) atoms. The number of nitrogens with one attached hydrogen (secondary N) is 1. The fourth-order valence-corrected chi connectivity index (χ4v) is 2.61. The normalized spacial score (nSPS) is 12.2. The number of aromatic hydroxyl groups is 1. The number of H-pyrrole nitrogens is 1. The van der Waals surface area contributed by atoms with Crippen molar-refractivity contribution < 1.29 is 18.1 Å². The van der Waals surface area contributed by atoms with Crippen LogP contribution in [-0.4, -0.2) is 29.3 Å². The average Bonchev–Trinajstić information content (AvgIpc) is 2.88. The molecule has 0 unspecified atom stereocenters. The highest BCUT2D eigenvalue weighted by atomic mass is 32.2. The lowest BCUT2D eigenvalue weighted by molar-refractivity contribution is 0.474. The van der Waals surface area contributed by atoms with Gasteiger partial charge in [0.2, 0.25) is 0 Å². The standard InChI is InChI=1S/C15H12N2O4S/c18-15-6-5-11(22(19,20)21)7-14(15)17-9-10-8-16-13-4-2-1-3-12(10)13/h1-9,16,18H,(H,19,20,21). The first-order valence-corrected chi connectivity index (χ1v) is 7.80. The Morgan fingerprint density at radius 3 is 2.68 bits per heavy atom. The molecule has 0 amide bonds. The summed E-state index contributed by atoms with van der Waals surface area (Å²) in [4.78, 5) is 6.86. The van der Waals surface area contributed by atoms with E-state index in [2.05, 4.69) is 9.98 Å². The quantitative estimate of drug-likeness (QED) is 0.510. The van der Waals surface area contributed by atoms with Crippen molar-refractivity contribution in [2.45, 2.75) is 4.90 Å². The van der Waals surface area contributed by atoms with Gasteiger partial charge in [0, 0.05) is 28.9 Å². The van der Waals surface area contributed by atoms with E-state index in [4.69, 9.17) is 4.55 Å². The molecule has 3 N–H and O–H groups in total. The van der Waals surface area contributed by atoms with Crippen LogP contribution in [0.1, 0.15) is 5.56 Å². The predicted molar refractivity (Wildman–Crippen MR) is 83.5 cm³/mol. The molecule has 3 rings (SSSR count). The first-order chi connectivity index (χ1) is 10.4. The second-order valence-electron chi connectivity index (χ2n) is 4.67. The van der Waals surface area contributed by atoms with E-state index in [0.29, 0.717) is 0 Å². The van der Waals surface area contributed by atoms with Crippen LogP contribution in [0.5, 0.6) is 5.75 Å². The average molecular weight is 316 g/mol. The molecule has 6 nitrogen and oxygen atoms in total. The number of nitrogens with zero attached hydrogens (tertiary/aromatic N) is 1. The van der Waals surface area contributed by atoms with Crippen molar-refractivity contribution in [3.05, 3.63) is 54.2 Å². The summed E-state index contributed by atoms with van der Waals surface area (Å²) in [6.45, 7) is 0. The number of phenolic OH excluding ortho intramolecular Hbond substituents is 1. The van der Waals surface area contributed by atoms with Gasteiger partial charge in [0.1, 0.15) is 11.4 Å². The summed E-state index contributed by atoms with van der Waals surface area (Å²) >= 11 is 0. The van der Waals surface area contributed by atoms with Crippen molar-refractivity contribution >= 4 is 32.9 Å². The van der Waals surface area contributed by atoms with E-state index in [1.54, 1.807) is 6.20 Å². The van der Waals surface area contributed by atoms with Gasteiger partial charge in [-0.2, -0.15) is 8.42 Å². The third-order valence-electron chi connectivity index (χ3n) is 3.21. The van der Waals surface area contributed by atoms with E-state index >= 15 is 0 Å². The fourth-order valence-electron chi connectivity index (χ4n) is 2.11. The van der Waals surface area contributed by atoms with Crippen LogP contribution in [0.2, 0.25) is 0 Å². The number of fused-ring (bicyclic) bond motifs is 1. The Morgan fingerprint density at radius 2 is 1.91 bits per heavy atom. The number of rotatable bonds is 3. The minimum atomic E-state index is -4.34. The molecule has 2 aromatic carbocycles. The molecule has 7 heteroatoms. The van der Waals surface area contributed by atoms with E-state index in [9.17, 15) is 13.5 Å². The molecule has 0 aliphatic rings. The van der Waals surface area contributed by atoms with Crippen LogP contribution in [0.15, 0.2) is 58.5 Å². The second kappa shape index (κ2) is 5.28. The Morgan fingerprint density at radius 1 is 1.14 bits per heavy atom. The zero-order valence-electron chi connectivity index (χ0n) is 11.3. The van der Waals surface area contributed by atoms with E-state index in [1.165, 1.54) is 12.3 Å². The van der Waals surface area contributed by atoms with Crippen molar-refractivity contribution in [3.8, 4) is 5.75 Å². The molecule has 0 saturated carbocycles. The van der Waals surface area contributed by atoms with Crippen LogP contribution in [-0.2, 0) is 10.1 Å². The number of benzene rings is 2. The number of aromatic amines is 1. The molecular weight excluding hydrogens is 304 g/mol. The van der Waals surface area contributed by atoms with Crippen molar-refractivity contribution in [3.63, 3.8) is 0 Å². The Bertz CT molecular complexity index is 974. The van der Waals surface area contributed by atoms with Gasteiger partial charge in [-0.3, -0.25) is 9.55 Å². The molecule has 0 bridgehead atoms. The predicted octanol–water partition coefficient (Wildman–Crippen LogP) is 2.87. The number of hydrogen-bond donors (Lipinski definition) is 3. The van der Waals surface area contributed by atoms with E-state index < -0.39 is 10.1 Å². The topological polar surface area (TPSA) is 103 Å². The van der Waals surface area contributed by atoms with E-state index in [-0.39, 0.29) is 16.3 Å². The third-order valence-corrected chi connectivity index (χ3v) is 4.06. The molecule has 0 fully saturated rings. The minimum absolute atomic E-state index is 0.0559. The van der Waals surface area contributed by atoms with Crippen molar-refractivity contribution in [1.82, 2.24) is 4.98 Å². The van der Waals surface area contributed by atoms with Gasteiger partial charge in [-0.05, 0) is 24.3 Å². The second-order valence-corrected chi connectivity index (χ2v) is 6.09. The van der Waals surface area contributed by atoms with Gasteiger partial charge in [-0.1, -0.05) is 18.2 Å². The summed E-state index contributed by atoms with van der Waals surface area (Å²) in [5.74, 6) is -0.177. The van der Waals surface area contributed by atoms with Crippen molar-refractivity contribution in [2.75, 3.05) is 0 Å². The van der Waals surface area contributed by atoms with Gasteiger partial charge in [-0.15, -0.1) is 0 Å². The van der Waals surface area contributed by atoms with Gasteiger partial charge < -0.3 is 10.1 Å². The Balaban J connectivity index is 2.02. The first kappa shape index (κ1) is 14.3. The van der Waals surface area contributed by atoms with Gasteiger partial charge in [-0.25, -0.2) is 0 Å². The van der Waals surface area contributed by atoms with Crippen molar-refractivity contribution in [1.29, 1.82) is 0 Å². The van der Waals surface area contributed by atoms with E-state index in [1.807, 2.05) is 24.3 Å². The molecule has 0 radical (unpaired) electrons. The summed E-state index contributed by atoms with van der Waals surface area (Å²) in [5.41, 5.74) is 1.80. The zero-order valence-corrected chi connectivity index (χ0v) is 12.1. The van der Waals surface area contributed by atoms with Crippen LogP contribution in [0.4, 0.5) is 5.69 Å². The minimum Gasteiger partial charge on any atom is -0.506 e. The summed E-state index contributed by atoms with van der Waals surface area (Å²) in [5, 5.41) is 10.7. The van der Waals surface area contributed by atoms with Crippen LogP contribution >= 0.6 is 0 Å². The van der Waals surface area contributed by atoms with Crippen LogP contribution in [0.3, 0.4) is 0 Å². The molecule has 112 valence electrons. The summed E-state index contributed by atoms with van der Waals surface area (Å²) in [6, 6.07) is 11.0. The number of phenols is 1. The van der Waals surface area contributed by atoms with Crippen LogP contribution in [0.25, 0.3) is 10.9 Å². The van der Waals surface area contributed by atoms with Gasteiger partial charge in [0.15, 0.2) is 0 Å². The Kier molecular flexibility index (Phi) is 3.44. The molecule has 3 aromatic rings. The van der Waals surface area contributed by atoms with E-state index in [0.717, 1.165) is 28.6 Å². The molecule has 0 aliphatic carbocycles. The number of aliphatic imine (C=N–C) groups is 1. The molecule has 0 saturated heterocycles. The zero-order chi connectivity index (χ0) is 15.7. The largest absolute Gasteiger partial charge is 0.506 e. The Labute approximate surface area is 126 Å². The van der Waals surface area contributed by atoms with Crippen LogP contribution in [0, 0.1) is 0 Å². The summed E-state index contributed by atoms with van der Waals surface area (Å²) < 4.78 is 31.3. The maximum absolute atomic E-state index is 11.1. The lowest BCUT2D eigenvalue weighted by Gasteiger charge is -2.01. The van der Waals surface area contributed by atoms with Gasteiger partial charge in [0.05, 0.1) is 4.90 Å². The molecule has 1 heterocycles. The summed E-state index contributed by atoms with van der Waals surface area (Å²) in [7, 11) is -4.34. The molecule has 1 aromatic heterocycles. The van der Waals surface area contributed by atoms with Crippen molar-refractivity contribution in [2.24, 2.45) is 4.99 Å². The summed E-state index contributed by atoms with van der Waals surface area (Å²) in [6.07, 6.45) is 3.28. The monoisotopic (exact) mass is 316 g/mol. The molecule has 0 aliphatic heterocycles. The highest BCUT2D eigenvalue weighted by molar-refractivity contribution is 7.85. The molecule has 0 spiro atoms. The molecule has 0 atom stereocenters. The SMILES string of the molecule is O=S(=O)(O)c1ccc(O)c(N=Cc2c[nH]c3ccccc23)c1. The fraction of sp³-hybridized carbons (Fsp3) is 0. The first-order valence-electron chi connectivity index (χ1n) is 6.36. The highest BCUT2D eigenvalue weighted by Crippen LogP contribution is 2.29. The lowest BCUT2D eigenvalue weighted by atomic mass is 10.2. The lowest BCUT2D eigenvalue weighted by Crippen LogP contribution is -1.97. The van der Waals surface area contributed by atoms with Gasteiger partial charge >= 0.3 is 0 Å². The highest BCUT2D eigenvalue weighted by Gasteiger charge is 2.12. The van der Waals surface area contributed by atoms with Gasteiger partial charge in [0.25, 0.3) is 10.1 Å². The third kappa shape index (κ3) is 2.72. The molecular formula is C15H12N2O4S. The number of aromatic nitrogens is 1. The smallest absolute Gasteiger partial charge is 0.294 e. The Hall–Kier alpha value is -2.64.